The lowest BCUT2D eigenvalue weighted by atomic mass is 10.1. The van der Waals surface area contributed by atoms with Crippen LogP contribution < -0.4 is 5.73 Å². The van der Waals surface area contributed by atoms with Gasteiger partial charge in [-0.3, -0.25) is 4.57 Å². The summed E-state index contributed by atoms with van der Waals surface area (Å²) in [7, 11) is -16.2. The molecular formula is C10H20MgN5O14P3. The van der Waals surface area contributed by atoms with Crippen molar-refractivity contribution >= 4 is 63.5 Å². The third kappa shape index (κ3) is 8.51. The summed E-state index contributed by atoms with van der Waals surface area (Å²) in [6, 6.07) is 0. The lowest BCUT2D eigenvalue weighted by molar-refractivity contribution is -0.0511. The third-order valence-corrected chi connectivity index (χ3v) is 6.95. The van der Waals surface area contributed by atoms with Crippen molar-refractivity contribution in [2.45, 2.75) is 24.5 Å². The van der Waals surface area contributed by atoms with E-state index >= 15 is 0 Å². The van der Waals surface area contributed by atoms with Crippen LogP contribution in [-0.4, -0.2) is 107 Å². The zero-order valence-electron chi connectivity index (χ0n) is 15.4. The molecule has 19 nitrogen and oxygen atoms in total. The number of anilines is 1. The van der Waals surface area contributed by atoms with Crippen molar-refractivity contribution in [3.05, 3.63) is 12.7 Å². The molecule has 0 saturated carbocycles. The van der Waals surface area contributed by atoms with E-state index in [0.29, 0.717) is 11.2 Å². The molecule has 0 spiro atoms. The Hall–Kier alpha value is -0.634. The van der Waals surface area contributed by atoms with Crippen LogP contribution in [0.25, 0.3) is 11.2 Å². The molecule has 10 N–H and O–H groups in total. The molecule has 1 fully saturated rings. The Morgan fingerprint density at radius 2 is 1.55 bits per heavy atom. The number of imidazole rings is 1. The van der Waals surface area contributed by atoms with Gasteiger partial charge in [0.25, 0.3) is 0 Å². The van der Waals surface area contributed by atoms with E-state index in [0.717, 1.165) is 0 Å². The summed E-state index contributed by atoms with van der Waals surface area (Å²) in [5.74, 6) is 0.218. The predicted octanol–water partition coefficient (Wildman–Crippen LogP) is -3.59. The fourth-order valence-electron chi connectivity index (χ4n) is 2.45. The first-order valence-corrected chi connectivity index (χ1v) is 12.5. The molecule has 23 heteroatoms. The van der Waals surface area contributed by atoms with Gasteiger partial charge in [-0.1, -0.05) is 0 Å². The van der Waals surface area contributed by atoms with Crippen LogP contribution in [0, 0.1) is 0 Å². The summed E-state index contributed by atoms with van der Waals surface area (Å²) in [6.45, 7) is -0.390. The number of ether oxygens (including phenoxy) is 1. The normalized spacial score (nSPS) is 23.6. The minimum Gasteiger partial charge on any atom is -0.394 e. The highest BCUT2D eigenvalue weighted by molar-refractivity contribution is 7.66. The first kappa shape index (κ1) is 30.4. The minimum absolute atomic E-state index is 0. The first-order chi connectivity index (χ1) is 14.5. The standard InChI is InChI=1S/C10H13N5O4.Mg.H5O10P3.2H/c11-8-5-9(13-2-12-8)15(3-14-5)10-7(18)6(17)4(1-16)19-10;;1-11(2,3)9-13(7,8)10-12(4,5)6;;/h2-4,6-7,10,16-18H,1H2,(H2,11,12,13);;(H,7,8)(H2,1,2,3)(H2,4,5,6);;/t4-,6-,7-,10-;;;;/m1..../s1. The quantitative estimate of drug-likeness (QED) is 0.124. The summed E-state index contributed by atoms with van der Waals surface area (Å²) in [6.07, 6.45) is -1.42. The molecule has 186 valence electrons. The van der Waals surface area contributed by atoms with Crippen LogP contribution in [0.3, 0.4) is 0 Å². The van der Waals surface area contributed by atoms with Gasteiger partial charge in [-0.2, -0.15) is 8.62 Å². The molecule has 33 heavy (non-hydrogen) atoms. The number of aliphatic hydroxyl groups excluding tert-OH is 3. The van der Waals surface area contributed by atoms with Crippen molar-refractivity contribution in [2.75, 3.05) is 12.3 Å². The van der Waals surface area contributed by atoms with Crippen LogP contribution in [-0.2, 0) is 27.1 Å². The Morgan fingerprint density at radius 1 is 1.00 bits per heavy atom. The molecule has 0 unspecified atom stereocenters. The Labute approximate surface area is 199 Å². The Morgan fingerprint density at radius 3 is 2.00 bits per heavy atom. The van der Waals surface area contributed by atoms with Gasteiger partial charge in [0.05, 0.1) is 12.9 Å². The highest BCUT2D eigenvalue weighted by Gasteiger charge is 2.44. The number of aliphatic hydroxyl groups is 3. The molecule has 0 radical (unpaired) electrons. The van der Waals surface area contributed by atoms with Gasteiger partial charge in [0.2, 0.25) is 0 Å². The monoisotopic (exact) mass is 551 g/mol. The summed E-state index contributed by atoms with van der Waals surface area (Å²) < 4.78 is 43.2. The van der Waals surface area contributed by atoms with Crippen molar-refractivity contribution in [3.8, 4) is 0 Å². The van der Waals surface area contributed by atoms with E-state index in [1.165, 1.54) is 17.2 Å². The van der Waals surface area contributed by atoms with Gasteiger partial charge in [-0.05, 0) is 0 Å². The lowest BCUT2D eigenvalue weighted by Crippen LogP contribution is -2.33. The van der Waals surface area contributed by atoms with E-state index in [1.54, 1.807) is 0 Å². The largest absolute Gasteiger partial charge is 0.490 e. The summed E-state index contributed by atoms with van der Waals surface area (Å²) in [4.78, 5) is 52.1. The van der Waals surface area contributed by atoms with Crippen LogP contribution >= 0.6 is 23.5 Å². The summed E-state index contributed by atoms with van der Waals surface area (Å²) in [5.41, 5.74) is 6.44. The number of hydrogen-bond donors (Lipinski definition) is 9. The van der Waals surface area contributed by atoms with E-state index in [4.69, 9.17) is 40.0 Å². The molecule has 1 aliphatic rings. The fraction of sp³-hybridized carbons (Fsp3) is 0.500. The molecule has 0 bridgehead atoms. The number of nitrogen functional groups attached to an aromatic ring is 1. The molecule has 3 heterocycles. The van der Waals surface area contributed by atoms with Gasteiger partial charge in [-0.15, -0.1) is 0 Å². The lowest BCUT2D eigenvalue weighted by Gasteiger charge is -2.16. The first-order valence-electron chi connectivity index (χ1n) is 7.96. The fourth-order valence-corrected chi connectivity index (χ4v) is 4.99. The van der Waals surface area contributed by atoms with Crippen LogP contribution in [0.4, 0.5) is 5.82 Å². The van der Waals surface area contributed by atoms with E-state index in [-0.39, 0.29) is 28.9 Å². The molecule has 0 amide bonds. The van der Waals surface area contributed by atoms with Crippen LogP contribution in [0.15, 0.2) is 12.7 Å². The van der Waals surface area contributed by atoms with Crippen LogP contribution in [0.5, 0.6) is 0 Å². The molecule has 3 rings (SSSR count). The Kier molecular flexibility index (Phi) is 10.5. The average Bonchev–Trinajstić information content (AvgIpc) is 3.14. The van der Waals surface area contributed by atoms with Crippen molar-refractivity contribution in [3.63, 3.8) is 0 Å². The number of aromatic nitrogens is 4. The molecule has 4 atom stereocenters. The maximum atomic E-state index is 10.4. The average molecular weight is 552 g/mol. The zero-order valence-corrected chi connectivity index (χ0v) is 18.1. The highest BCUT2D eigenvalue weighted by Crippen LogP contribution is 2.64. The van der Waals surface area contributed by atoms with E-state index < -0.39 is 54.6 Å². The number of phosphoric acid groups is 3. The number of nitrogens with two attached hydrogens (primary N) is 1. The second-order valence-corrected chi connectivity index (χ2v) is 10.1. The van der Waals surface area contributed by atoms with Crippen molar-refractivity contribution in [1.29, 1.82) is 0 Å². The van der Waals surface area contributed by atoms with E-state index in [9.17, 15) is 23.9 Å². The van der Waals surface area contributed by atoms with Gasteiger partial charge in [0, 0.05) is 0 Å². The summed E-state index contributed by atoms with van der Waals surface area (Å²) in [5, 5.41) is 28.7. The second kappa shape index (κ2) is 11.4. The molecule has 1 saturated heterocycles. The zero-order chi connectivity index (χ0) is 24.5. The van der Waals surface area contributed by atoms with Gasteiger partial charge >= 0.3 is 46.5 Å². The predicted molar refractivity (Wildman–Crippen MR) is 107 cm³/mol. The smallest absolute Gasteiger partial charge is 0.394 e. The van der Waals surface area contributed by atoms with E-state index in [2.05, 4.69) is 23.6 Å². The molecule has 2 aromatic rings. The number of hydrogen-bond acceptors (Lipinski definition) is 13. The van der Waals surface area contributed by atoms with Crippen molar-refractivity contribution in [2.24, 2.45) is 0 Å². The molecule has 0 aromatic carbocycles. The topological polar surface area (TPSA) is 310 Å². The number of fused-ring (bicyclic) bond motifs is 1. The number of rotatable bonds is 6. The summed E-state index contributed by atoms with van der Waals surface area (Å²) >= 11 is 0. The van der Waals surface area contributed by atoms with Crippen LogP contribution in [0.2, 0.25) is 0 Å². The van der Waals surface area contributed by atoms with Crippen molar-refractivity contribution < 1.29 is 66.8 Å². The Bertz CT molecular complexity index is 1060. The van der Waals surface area contributed by atoms with Crippen LogP contribution in [0.1, 0.15) is 6.23 Å². The van der Waals surface area contributed by atoms with Crippen molar-refractivity contribution in [1.82, 2.24) is 19.5 Å². The number of nitrogens with zero attached hydrogens (tertiary/aromatic N) is 4. The molecular weight excluding hydrogens is 531 g/mol. The highest BCUT2D eigenvalue weighted by atomic mass is 31.3. The maximum Gasteiger partial charge on any atom is 0.490 e. The van der Waals surface area contributed by atoms with Gasteiger partial charge in [0.1, 0.15) is 30.2 Å². The maximum absolute atomic E-state index is 10.4. The van der Waals surface area contributed by atoms with Gasteiger partial charge in [0.15, 0.2) is 17.7 Å². The third-order valence-electron chi connectivity index (χ3n) is 3.60. The molecule has 0 aliphatic carbocycles. The van der Waals surface area contributed by atoms with E-state index in [1.807, 2.05) is 0 Å². The Balaban J connectivity index is 0.000000346. The molecule has 2 aromatic heterocycles. The second-order valence-electron chi connectivity index (χ2n) is 5.92. The van der Waals surface area contributed by atoms with Gasteiger partial charge in [-0.25, -0.2) is 28.6 Å². The molecule has 1 aliphatic heterocycles. The minimum atomic E-state index is -5.46. The van der Waals surface area contributed by atoms with Gasteiger partial charge < -0.3 is 50.3 Å². The SMILES string of the molecule is Nc1ncnc2c1ncn2[C@@H]1O[C@H](CO)[C@@H](O)[C@H]1O.O=P(O)(O)OP(=O)(O)OP(=O)(O)O.[MgH2].